The van der Waals surface area contributed by atoms with Crippen LogP contribution in [0.15, 0.2) is 18.2 Å². The van der Waals surface area contributed by atoms with Gasteiger partial charge in [-0.15, -0.1) is 0 Å². The van der Waals surface area contributed by atoms with Gasteiger partial charge in [0.2, 0.25) is 0 Å². The van der Waals surface area contributed by atoms with Gasteiger partial charge in [0.25, 0.3) is 0 Å². The van der Waals surface area contributed by atoms with Gasteiger partial charge in [-0.25, -0.2) is 0 Å². The van der Waals surface area contributed by atoms with Crippen molar-refractivity contribution in [2.75, 3.05) is 14.2 Å². The largest absolute Gasteiger partial charge is 0.497 e. The number of methoxy groups -OCH3 is 2. The topological polar surface area (TPSA) is 36.9 Å². The highest BCUT2D eigenvalue weighted by Gasteiger charge is 2.43. The van der Waals surface area contributed by atoms with E-state index in [0.29, 0.717) is 0 Å². The van der Waals surface area contributed by atoms with Crippen molar-refractivity contribution in [1.82, 2.24) is 0 Å². The normalized spacial score (nSPS) is 31.4. The molecule has 100 valence electrons. The van der Waals surface area contributed by atoms with E-state index in [1.807, 2.05) is 39.0 Å². The van der Waals surface area contributed by atoms with Crippen LogP contribution in [0.5, 0.6) is 11.5 Å². The first kappa shape index (κ1) is 13.2. The second-order valence-corrected chi connectivity index (χ2v) is 4.66. The quantitative estimate of drug-likeness (QED) is 0.828. The fourth-order valence-electron chi connectivity index (χ4n) is 2.22. The Bertz CT molecular complexity index is 420. The van der Waals surface area contributed by atoms with Crippen molar-refractivity contribution in [3.05, 3.63) is 23.8 Å². The van der Waals surface area contributed by atoms with E-state index in [2.05, 4.69) is 0 Å². The molecule has 4 heteroatoms. The van der Waals surface area contributed by atoms with E-state index >= 15 is 0 Å². The SMILES string of the molecule is COc1ccc(OC)c(C2(C)OC(C)C(C)O2)c1. The lowest BCUT2D eigenvalue weighted by atomic mass is 10.1. The zero-order valence-corrected chi connectivity index (χ0v) is 11.5. The van der Waals surface area contributed by atoms with Gasteiger partial charge >= 0.3 is 0 Å². The first-order chi connectivity index (χ1) is 8.50. The van der Waals surface area contributed by atoms with Crippen molar-refractivity contribution in [2.24, 2.45) is 0 Å². The number of rotatable bonds is 3. The van der Waals surface area contributed by atoms with E-state index in [1.54, 1.807) is 14.2 Å². The molecule has 1 saturated heterocycles. The van der Waals surface area contributed by atoms with Crippen LogP contribution in [0.3, 0.4) is 0 Å². The van der Waals surface area contributed by atoms with Crippen LogP contribution in [0.25, 0.3) is 0 Å². The minimum absolute atomic E-state index is 0.0471. The molecule has 0 radical (unpaired) electrons. The number of hydrogen-bond acceptors (Lipinski definition) is 4. The molecule has 0 aromatic heterocycles. The maximum Gasteiger partial charge on any atom is 0.196 e. The molecule has 18 heavy (non-hydrogen) atoms. The van der Waals surface area contributed by atoms with Crippen molar-refractivity contribution in [3.8, 4) is 11.5 Å². The molecule has 0 saturated carbocycles. The third-order valence-corrected chi connectivity index (χ3v) is 3.38. The Kier molecular flexibility index (Phi) is 3.50. The summed E-state index contributed by atoms with van der Waals surface area (Å²) in [6, 6.07) is 5.61. The van der Waals surface area contributed by atoms with E-state index in [9.17, 15) is 0 Å². The molecule has 0 amide bonds. The van der Waals surface area contributed by atoms with Gasteiger partial charge in [0.15, 0.2) is 5.79 Å². The molecule has 0 spiro atoms. The third-order valence-electron chi connectivity index (χ3n) is 3.38. The van der Waals surface area contributed by atoms with Gasteiger partial charge in [-0.2, -0.15) is 0 Å². The van der Waals surface area contributed by atoms with Crippen LogP contribution < -0.4 is 9.47 Å². The second-order valence-electron chi connectivity index (χ2n) is 4.66. The summed E-state index contributed by atoms with van der Waals surface area (Å²) in [6.07, 6.45) is 0.0943. The standard InChI is InChI=1S/C14H20O4/c1-9-10(2)18-14(3,17-9)12-8-11(15-4)6-7-13(12)16-5/h6-10H,1-5H3. The van der Waals surface area contributed by atoms with Gasteiger partial charge in [-0.3, -0.25) is 0 Å². The highest BCUT2D eigenvalue weighted by Crippen LogP contribution is 2.42. The average Bonchev–Trinajstić information content (AvgIpc) is 2.63. The van der Waals surface area contributed by atoms with Gasteiger partial charge in [0, 0.05) is 0 Å². The van der Waals surface area contributed by atoms with E-state index in [0.717, 1.165) is 17.1 Å². The zero-order chi connectivity index (χ0) is 13.3. The molecular formula is C14H20O4. The Balaban J connectivity index is 2.42. The minimum atomic E-state index is -0.793. The summed E-state index contributed by atoms with van der Waals surface area (Å²) in [6.45, 7) is 5.91. The second kappa shape index (κ2) is 4.78. The van der Waals surface area contributed by atoms with Crippen LogP contribution in [0, 0.1) is 0 Å². The van der Waals surface area contributed by atoms with Crippen molar-refractivity contribution >= 4 is 0 Å². The molecule has 0 N–H and O–H groups in total. The summed E-state index contributed by atoms with van der Waals surface area (Å²) < 4.78 is 22.5. The Morgan fingerprint density at radius 2 is 1.67 bits per heavy atom. The fraction of sp³-hybridized carbons (Fsp3) is 0.571. The molecule has 0 bridgehead atoms. The predicted octanol–water partition coefficient (Wildman–Crippen LogP) is 2.70. The highest BCUT2D eigenvalue weighted by molar-refractivity contribution is 5.43. The van der Waals surface area contributed by atoms with Gasteiger partial charge in [0.1, 0.15) is 11.5 Å². The van der Waals surface area contributed by atoms with Gasteiger partial charge < -0.3 is 18.9 Å². The lowest BCUT2D eigenvalue weighted by Gasteiger charge is -2.26. The van der Waals surface area contributed by atoms with E-state index in [1.165, 1.54) is 0 Å². The molecule has 2 rings (SSSR count). The van der Waals surface area contributed by atoms with Crippen LogP contribution in [-0.2, 0) is 15.3 Å². The van der Waals surface area contributed by atoms with Crippen LogP contribution >= 0.6 is 0 Å². The van der Waals surface area contributed by atoms with Gasteiger partial charge in [-0.05, 0) is 39.0 Å². The molecule has 1 aromatic rings. The molecule has 1 heterocycles. The van der Waals surface area contributed by atoms with Crippen molar-refractivity contribution in [3.63, 3.8) is 0 Å². The highest BCUT2D eigenvalue weighted by atomic mass is 16.8. The summed E-state index contributed by atoms with van der Waals surface area (Å²) in [7, 11) is 3.27. The predicted molar refractivity (Wildman–Crippen MR) is 68.0 cm³/mol. The number of benzene rings is 1. The molecule has 0 aliphatic carbocycles. The Hall–Kier alpha value is -1.26. The maximum atomic E-state index is 5.93. The van der Waals surface area contributed by atoms with E-state index < -0.39 is 5.79 Å². The molecule has 2 atom stereocenters. The van der Waals surface area contributed by atoms with Crippen LogP contribution in [0.1, 0.15) is 26.3 Å². The summed E-state index contributed by atoms with van der Waals surface area (Å²) in [5.74, 6) is 0.699. The van der Waals surface area contributed by atoms with Crippen LogP contribution in [0.4, 0.5) is 0 Å². The molecule has 1 aliphatic rings. The van der Waals surface area contributed by atoms with Crippen molar-refractivity contribution < 1.29 is 18.9 Å². The number of hydrogen-bond donors (Lipinski definition) is 0. The Morgan fingerprint density at radius 1 is 1.06 bits per heavy atom. The molecule has 1 aromatic carbocycles. The fourth-order valence-corrected chi connectivity index (χ4v) is 2.22. The molecular weight excluding hydrogens is 232 g/mol. The summed E-state index contributed by atoms with van der Waals surface area (Å²) in [4.78, 5) is 0. The zero-order valence-electron chi connectivity index (χ0n) is 11.5. The molecule has 4 nitrogen and oxygen atoms in total. The summed E-state index contributed by atoms with van der Waals surface area (Å²) >= 11 is 0. The van der Waals surface area contributed by atoms with Crippen LogP contribution in [-0.4, -0.2) is 26.4 Å². The average molecular weight is 252 g/mol. The Morgan fingerprint density at radius 3 is 2.17 bits per heavy atom. The first-order valence-electron chi connectivity index (χ1n) is 6.08. The van der Waals surface area contributed by atoms with E-state index in [-0.39, 0.29) is 12.2 Å². The summed E-state index contributed by atoms with van der Waals surface area (Å²) in [5, 5.41) is 0. The third kappa shape index (κ3) is 2.18. The number of ether oxygens (including phenoxy) is 4. The molecule has 1 fully saturated rings. The van der Waals surface area contributed by atoms with Crippen molar-refractivity contribution in [1.29, 1.82) is 0 Å². The van der Waals surface area contributed by atoms with Gasteiger partial charge in [-0.1, -0.05) is 0 Å². The lowest BCUT2D eigenvalue weighted by Crippen LogP contribution is -2.24. The van der Waals surface area contributed by atoms with E-state index in [4.69, 9.17) is 18.9 Å². The van der Waals surface area contributed by atoms with Crippen molar-refractivity contribution in [2.45, 2.75) is 38.8 Å². The monoisotopic (exact) mass is 252 g/mol. The van der Waals surface area contributed by atoms with Gasteiger partial charge in [0.05, 0.1) is 32.0 Å². The molecule has 1 aliphatic heterocycles. The lowest BCUT2D eigenvalue weighted by molar-refractivity contribution is -0.167. The first-order valence-corrected chi connectivity index (χ1v) is 6.08. The summed E-state index contributed by atoms with van der Waals surface area (Å²) in [5.41, 5.74) is 0.848. The Labute approximate surface area is 108 Å². The maximum absolute atomic E-state index is 5.93. The smallest absolute Gasteiger partial charge is 0.196 e. The minimum Gasteiger partial charge on any atom is -0.497 e. The van der Waals surface area contributed by atoms with Crippen LogP contribution in [0.2, 0.25) is 0 Å². The molecule has 2 unspecified atom stereocenters.